The van der Waals surface area contributed by atoms with E-state index >= 15 is 0 Å². The lowest BCUT2D eigenvalue weighted by atomic mass is 9.83. The molecule has 150 valence electrons. The van der Waals surface area contributed by atoms with Crippen LogP contribution in [0.25, 0.3) is 0 Å². The fourth-order valence-corrected chi connectivity index (χ4v) is 3.51. The summed E-state index contributed by atoms with van der Waals surface area (Å²) in [5.41, 5.74) is 8.87. The fourth-order valence-electron chi connectivity index (χ4n) is 3.51. The Kier molecular flexibility index (Phi) is 5.19. The molecule has 1 unspecified atom stereocenters. The van der Waals surface area contributed by atoms with Gasteiger partial charge >= 0.3 is 0 Å². The SMILES string of the molecule is COc1cc(C2C(C#N)=C(N)Oc3cc(O)ccc32)ccc1OCc1ccccc1. The number of hydrogen-bond acceptors (Lipinski definition) is 6. The van der Waals surface area contributed by atoms with Crippen LogP contribution >= 0.6 is 0 Å². The first-order valence-electron chi connectivity index (χ1n) is 9.36. The predicted molar refractivity (Wildman–Crippen MR) is 111 cm³/mol. The van der Waals surface area contributed by atoms with Crippen molar-refractivity contribution in [2.45, 2.75) is 12.5 Å². The fraction of sp³-hybridized carbons (Fsp3) is 0.125. The monoisotopic (exact) mass is 400 g/mol. The van der Waals surface area contributed by atoms with Gasteiger partial charge in [-0.3, -0.25) is 0 Å². The van der Waals surface area contributed by atoms with Crippen molar-refractivity contribution in [3.05, 3.63) is 94.9 Å². The van der Waals surface area contributed by atoms with Crippen molar-refractivity contribution in [2.75, 3.05) is 7.11 Å². The largest absolute Gasteiger partial charge is 0.508 e. The van der Waals surface area contributed by atoms with Crippen LogP contribution in [-0.2, 0) is 6.61 Å². The molecule has 1 aliphatic rings. The van der Waals surface area contributed by atoms with Gasteiger partial charge < -0.3 is 25.1 Å². The van der Waals surface area contributed by atoms with E-state index in [4.69, 9.17) is 19.9 Å². The maximum absolute atomic E-state index is 9.79. The summed E-state index contributed by atoms with van der Waals surface area (Å²) in [5.74, 6) is 1.19. The summed E-state index contributed by atoms with van der Waals surface area (Å²) in [6.45, 7) is 0.409. The summed E-state index contributed by atoms with van der Waals surface area (Å²) in [6.07, 6.45) is 0. The number of allylic oxidation sites excluding steroid dienone is 1. The summed E-state index contributed by atoms with van der Waals surface area (Å²) in [4.78, 5) is 0. The Morgan fingerprint density at radius 1 is 1.07 bits per heavy atom. The number of nitriles is 1. The highest BCUT2D eigenvalue weighted by Crippen LogP contribution is 2.44. The number of fused-ring (bicyclic) bond motifs is 1. The van der Waals surface area contributed by atoms with Gasteiger partial charge in [0.1, 0.15) is 29.7 Å². The highest BCUT2D eigenvalue weighted by atomic mass is 16.5. The standard InChI is InChI=1S/C24H20N2O4/c1-28-22-11-16(7-10-20(22)29-14-15-5-3-2-4-6-15)23-18-9-8-17(27)12-21(18)30-24(26)19(23)13-25/h2-12,23,27H,14,26H2,1H3. The predicted octanol–water partition coefficient (Wildman–Crippen LogP) is 4.20. The molecular formula is C24H20N2O4. The number of methoxy groups -OCH3 is 1. The van der Waals surface area contributed by atoms with Crippen molar-refractivity contribution in [2.24, 2.45) is 5.73 Å². The first kappa shape index (κ1) is 19.2. The molecular weight excluding hydrogens is 380 g/mol. The number of hydrogen-bond donors (Lipinski definition) is 2. The van der Waals surface area contributed by atoms with E-state index in [9.17, 15) is 10.4 Å². The van der Waals surface area contributed by atoms with Gasteiger partial charge in [-0.2, -0.15) is 5.26 Å². The molecule has 3 N–H and O–H groups in total. The number of rotatable bonds is 5. The third-order valence-corrected chi connectivity index (χ3v) is 4.96. The molecule has 4 rings (SSSR count). The summed E-state index contributed by atoms with van der Waals surface area (Å²) < 4.78 is 17.0. The van der Waals surface area contributed by atoms with Crippen LogP contribution in [0.1, 0.15) is 22.6 Å². The number of phenolic OH excluding ortho intramolecular Hbond substituents is 1. The van der Waals surface area contributed by atoms with E-state index in [2.05, 4.69) is 6.07 Å². The lowest BCUT2D eigenvalue weighted by Crippen LogP contribution is -2.21. The third-order valence-electron chi connectivity index (χ3n) is 4.96. The molecule has 0 amide bonds. The summed E-state index contributed by atoms with van der Waals surface area (Å²) in [6, 6.07) is 22.3. The van der Waals surface area contributed by atoms with Crippen LogP contribution < -0.4 is 19.9 Å². The lowest BCUT2D eigenvalue weighted by Gasteiger charge is -2.27. The summed E-state index contributed by atoms with van der Waals surface area (Å²) in [5, 5.41) is 19.5. The average Bonchev–Trinajstić information content (AvgIpc) is 2.77. The molecule has 1 heterocycles. The maximum atomic E-state index is 9.79. The summed E-state index contributed by atoms with van der Waals surface area (Å²) in [7, 11) is 1.57. The molecule has 6 heteroatoms. The van der Waals surface area contributed by atoms with Crippen molar-refractivity contribution in [3.63, 3.8) is 0 Å². The van der Waals surface area contributed by atoms with Crippen LogP contribution in [0.4, 0.5) is 0 Å². The Hall–Kier alpha value is -4.11. The third kappa shape index (κ3) is 3.61. The van der Waals surface area contributed by atoms with E-state index in [-0.39, 0.29) is 11.6 Å². The van der Waals surface area contributed by atoms with Crippen molar-refractivity contribution in [1.82, 2.24) is 0 Å². The molecule has 0 radical (unpaired) electrons. The molecule has 0 saturated heterocycles. The number of nitrogens with two attached hydrogens (primary N) is 1. The van der Waals surface area contributed by atoms with E-state index in [1.54, 1.807) is 19.2 Å². The zero-order valence-electron chi connectivity index (χ0n) is 16.3. The highest BCUT2D eigenvalue weighted by Gasteiger charge is 2.31. The van der Waals surface area contributed by atoms with Crippen LogP contribution in [0.5, 0.6) is 23.0 Å². The molecule has 1 aliphatic heterocycles. The molecule has 3 aromatic rings. The van der Waals surface area contributed by atoms with Gasteiger partial charge in [0, 0.05) is 11.6 Å². The van der Waals surface area contributed by atoms with Crippen molar-refractivity contribution in [3.8, 4) is 29.1 Å². The Bertz CT molecular complexity index is 1150. The van der Waals surface area contributed by atoms with Gasteiger partial charge in [-0.15, -0.1) is 0 Å². The summed E-state index contributed by atoms with van der Waals surface area (Å²) >= 11 is 0. The van der Waals surface area contributed by atoms with E-state index < -0.39 is 5.92 Å². The quantitative estimate of drug-likeness (QED) is 0.666. The number of benzene rings is 3. The van der Waals surface area contributed by atoms with Crippen molar-refractivity contribution >= 4 is 0 Å². The van der Waals surface area contributed by atoms with Crippen molar-refractivity contribution < 1.29 is 19.3 Å². The zero-order chi connectivity index (χ0) is 21.1. The Morgan fingerprint density at radius 3 is 2.60 bits per heavy atom. The minimum absolute atomic E-state index is 0.0176. The Morgan fingerprint density at radius 2 is 1.87 bits per heavy atom. The first-order chi connectivity index (χ1) is 14.6. The molecule has 0 aliphatic carbocycles. The van der Waals surface area contributed by atoms with Crippen LogP contribution in [-0.4, -0.2) is 12.2 Å². The second-order valence-electron chi connectivity index (χ2n) is 6.83. The number of aromatic hydroxyl groups is 1. The molecule has 6 nitrogen and oxygen atoms in total. The molecule has 0 spiro atoms. The van der Waals surface area contributed by atoms with E-state index in [1.807, 2.05) is 48.5 Å². The van der Waals surface area contributed by atoms with Crippen LogP contribution in [0.15, 0.2) is 78.2 Å². The average molecular weight is 400 g/mol. The van der Waals surface area contributed by atoms with Gasteiger partial charge in [0.25, 0.3) is 0 Å². The Labute approximate surface area is 174 Å². The minimum Gasteiger partial charge on any atom is -0.508 e. The van der Waals surface area contributed by atoms with Gasteiger partial charge in [-0.05, 0) is 29.3 Å². The molecule has 0 bridgehead atoms. The smallest absolute Gasteiger partial charge is 0.205 e. The van der Waals surface area contributed by atoms with Crippen LogP contribution in [0, 0.1) is 11.3 Å². The molecule has 0 aromatic heterocycles. The highest BCUT2D eigenvalue weighted by molar-refractivity contribution is 5.58. The second-order valence-corrected chi connectivity index (χ2v) is 6.83. The van der Waals surface area contributed by atoms with E-state index in [0.29, 0.717) is 29.4 Å². The maximum Gasteiger partial charge on any atom is 0.205 e. The number of phenols is 1. The van der Waals surface area contributed by atoms with Gasteiger partial charge in [-0.1, -0.05) is 42.5 Å². The van der Waals surface area contributed by atoms with E-state index in [1.165, 1.54) is 6.07 Å². The van der Waals surface area contributed by atoms with Gasteiger partial charge in [0.2, 0.25) is 5.88 Å². The first-order valence-corrected chi connectivity index (χ1v) is 9.36. The van der Waals surface area contributed by atoms with Gasteiger partial charge in [0.15, 0.2) is 11.5 Å². The van der Waals surface area contributed by atoms with Gasteiger partial charge in [-0.25, -0.2) is 0 Å². The number of nitrogens with zero attached hydrogens (tertiary/aromatic N) is 1. The number of ether oxygens (including phenoxy) is 3. The molecule has 3 aromatic carbocycles. The normalized spacial score (nSPS) is 15.0. The molecule has 0 fully saturated rings. The molecule has 0 saturated carbocycles. The van der Waals surface area contributed by atoms with Crippen LogP contribution in [0.3, 0.4) is 0 Å². The Balaban J connectivity index is 1.70. The molecule has 1 atom stereocenters. The lowest BCUT2D eigenvalue weighted by molar-refractivity contribution is 0.284. The van der Waals surface area contributed by atoms with Crippen molar-refractivity contribution in [1.29, 1.82) is 5.26 Å². The van der Waals surface area contributed by atoms with Crippen LogP contribution in [0.2, 0.25) is 0 Å². The second kappa shape index (κ2) is 8.10. The molecule has 30 heavy (non-hydrogen) atoms. The van der Waals surface area contributed by atoms with Gasteiger partial charge in [0.05, 0.1) is 13.0 Å². The van der Waals surface area contributed by atoms with E-state index in [0.717, 1.165) is 16.7 Å². The minimum atomic E-state index is -0.448. The zero-order valence-corrected chi connectivity index (χ0v) is 16.3. The topological polar surface area (TPSA) is 97.7 Å².